The summed E-state index contributed by atoms with van der Waals surface area (Å²) in [5, 5.41) is 8.96. The molecule has 162 valence electrons. The third-order valence-electron chi connectivity index (χ3n) is 5.91. The fraction of sp³-hybridized carbons (Fsp3) is 0.522. The lowest BCUT2D eigenvalue weighted by Gasteiger charge is -2.24. The predicted molar refractivity (Wildman–Crippen MR) is 112 cm³/mol. The van der Waals surface area contributed by atoms with Crippen LogP contribution in [0.4, 0.5) is 0 Å². The summed E-state index contributed by atoms with van der Waals surface area (Å²) < 4.78 is 7.37. The molecule has 2 aliphatic rings. The van der Waals surface area contributed by atoms with Crippen molar-refractivity contribution in [2.24, 2.45) is 18.7 Å². The van der Waals surface area contributed by atoms with Crippen molar-refractivity contribution in [3.8, 4) is 5.75 Å². The highest BCUT2D eigenvalue weighted by atomic mass is 16.5. The van der Waals surface area contributed by atoms with Crippen molar-refractivity contribution in [1.29, 1.82) is 0 Å². The van der Waals surface area contributed by atoms with Crippen LogP contribution in [0.1, 0.15) is 72.5 Å². The molecule has 7 nitrogen and oxygen atoms in total. The van der Waals surface area contributed by atoms with Gasteiger partial charge in [-0.05, 0) is 54.9 Å². The fourth-order valence-electron chi connectivity index (χ4n) is 4.27. The molecule has 2 saturated carbocycles. The van der Waals surface area contributed by atoms with E-state index < -0.39 is 24.3 Å². The number of aliphatic carboxylic acids is 1. The normalized spacial score (nSPS) is 16.6. The zero-order valence-corrected chi connectivity index (χ0v) is 17.4. The van der Waals surface area contributed by atoms with Crippen LogP contribution >= 0.6 is 0 Å². The average molecular weight is 415 g/mol. The number of rotatable bonds is 8. The van der Waals surface area contributed by atoms with Gasteiger partial charge in [-0.1, -0.05) is 32.1 Å². The number of aromatic nitrogens is 1. The number of carbonyl (C=O) groups excluding carboxylic acids is 2. The van der Waals surface area contributed by atoms with E-state index in [0.29, 0.717) is 5.92 Å². The Labute approximate surface area is 176 Å². The van der Waals surface area contributed by atoms with Crippen LogP contribution in [0, 0.1) is 5.92 Å². The maximum Gasteiger partial charge on any atom is 0.341 e. The van der Waals surface area contributed by atoms with Crippen molar-refractivity contribution in [2.75, 3.05) is 6.61 Å². The first-order chi connectivity index (χ1) is 14.4. The summed E-state index contributed by atoms with van der Waals surface area (Å²) in [6, 6.07) is 4.84. The van der Waals surface area contributed by atoms with Gasteiger partial charge >= 0.3 is 5.97 Å². The van der Waals surface area contributed by atoms with Crippen molar-refractivity contribution >= 4 is 17.7 Å². The Morgan fingerprint density at radius 2 is 1.87 bits per heavy atom. The number of hydrogen-bond acceptors (Lipinski definition) is 4. The number of ketones is 1. The number of nitrogens with zero attached hydrogens (tertiary/aromatic N) is 1. The smallest absolute Gasteiger partial charge is 0.341 e. The van der Waals surface area contributed by atoms with Gasteiger partial charge in [0.15, 0.2) is 6.61 Å². The Kier molecular flexibility index (Phi) is 7.13. The molecule has 3 rings (SSSR count). The van der Waals surface area contributed by atoms with E-state index in [4.69, 9.17) is 15.6 Å². The molecule has 1 amide bonds. The van der Waals surface area contributed by atoms with E-state index in [2.05, 4.69) is 0 Å². The number of carboxylic acid groups (broad SMARTS) is 1. The molecule has 0 atom stereocenters. The Bertz CT molecular complexity index is 878. The van der Waals surface area contributed by atoms with Crippen LogP contribution in [0.2, 0.25) is 0 Å². The summed E-state index contributed by atoms with van der Waals surface area (Å²) in [6.45, 7) is -0.540. The van der Waals surface area contributed by atoms with Gasteiger partial charge in [0, 0.05) is 24.5 Å². The van der Waals surface area contributed by atoms with Gasteiger partial charge in [-0.2, -0.15) is 0 Å². The Hall–Kier alpha value is -2.83. The van der Waals surface area contributed by atoms with Crippen molar-refractivity contribution < 1.29 is 24.2 Å². The minimum absolute atomic E-state index is 0.188. The summed E-state index contributed by atoms with van der Waals surface area (Å²) in [5.41, 5.74) is 7.49. The summed E-state index contributed by atoms with van der Waals surface area (Å²) in [5.74, 6) is -1.97. The van der Waals surface area contributed by atoms with E-state index >= 15 is 0 Å². The zero-order chi connectivity index (χ0) is 21.7. The monoisotopic (exact) mass is 414 g/mol. The van der Waals surface area contributed by atoms with E-state index in [1.54, 1.807) is 12.1 Å². The predicted octanol–water partition coefficient (Wildman–Crippen LogP) is 3.28. The van der Waals surface area contributed by atoms with Gasteiger partial charge in [-0.25, -0.2) is 4.79 Å². The molecule has 0 saturated heterocycles. The van der Waals surface area contributed by atoms with Crippen LogP contribution in [0.15, 0.2) is 24.4 Å². The first-order valence-corrected chi connectivity index (χ1v) is 10.6. The quantitative estimate of drug-likeness (QED) is 0.501. The lowest BCUT2D eigenvalue weighted by atomic mass is 9.84. The van der Waals surface area contributed by atoms with Gasteiger partial charge in [0.25, 0.3) is 5.91 Å². The second-order valence-electron chi connectivity index (χ2n) is 8.30. The fourth-order valence-corrected chi connectivity index (χ4v) is 4.27. The third-order valence-corrected chi connectivity index (χ3v) is 5.91. The molecule has 0 bridgehead atoms. The lowest BCUT2D eigenvalue weighted by Crippen LogP contribution is -2.25. The lowest BCUT2D eigenvalue weighted by molar-refractivity contribution is -0.139. The molecule has 7 heteroatoms. The van der Waals surface area contributed by atoms with Gasteiger partial charge < -0.3 is 20.1 Å². The molecule has 0 aromatic carbocycles. The van der Waals surface area contributed by atoms with Crippen LogP contribution in [-0.4, -0.2) is 33.9 Å². The Balaban J connectivity index is 2.19. The number of nitrogens with two attached hydrogens (primary N) is 1. The number of hydrogen-bond donors (Lipinski definition) is 2. The first-order valence-electron chi connectivity index (χ1n) is 10.6. The van der Waals surface area contributed by atoms with Gasteiger partial charge in [-0.15, -0.1) is 0 Å². The van der Waals surface area contributed by atoms with Crippen molar-refractivity contribution in [1.82, 2.24) is 4.57 Å². The number of carboxylic acids is 1. The molecule has 0 unspecified atom stereocenters. The van der Waals surface area contributed by atoms with E-state index in [1.165, 1.54) is 25.3 Å². The van der Waals surface area contributed by atoms with Crippen LogP contribution < -0.4 is 10.5 Å². The zero-order valence-electron chi connectivity index (χ0n) is 17.4. The summed E-state index contributed by atoms with van der Waals surface area (Å²) in [7, 11) is 1.94. The summed E-state index contributed by atoms with van der Waals surface area (Å²) >= 11 is 0. The second kappa shape index (κ2) is 9.78. The van der Waals surface area contributed by atoms with Crippen LogP contribution in [0.25, 0.3) is 0 Å². The largest absolute Gasteiger partial charge is 0.482 e. The molecule has 1 aromatic rings. The van der Waals surface area contributed by atoms with Crippen molar-refractivity contribution in [2.45, 2.75) is 57.3 Å². The number of Topliss-reactive ketones (excluding diaryl/α,β-unsaturated/α-hetero) is 1. The average Bonchev–Trinajstić information content (AvgIpc) is 3.54. The Morgan fingerprint density at radius 3 is 2.47 bits per heavy atom. The third kappa shape index (κ3) is 5.62. The minimum Gasteiger partial charge on any atom is -0.482 e. The van der Waals surface area contributed by atoms with Crippen LogP contribution in [0.3, 0.4) is 0 Å². The van der Waals surface area contributed by atoms with E-state index in [9.17, 15) is 14.4 Å². The first kappa shape index (κ1) is 21.9. The van der Waals surface area contributed by atoms with Crippen LogP contribution in [-0.2, 0) is 23.1 Å². The minimum atomic E-state index is -1.12. The molecular formula is C23H30N2O5. The maximum absolute atomic E-state index is 12.8. The topological polar surface area (TPSA) is 112 Å². The molecule has 0 spiro atoms. The summed E-state index contributed by atoms with van der Waals surface area (Å²) in [6.07, 6.45) is 10.6. The number of ether oxygens (including phenoxy) is 1. The highest BCUT2D eigenvalue weighted by Crippen LogP contribution is 2.44. The molecule has 2 aliphatic carbocycles. The van der Waals surface area contributed by atoms with E-state index in [0.717, 1.165) is 43.4 Å². The van der Waals surface area contributed by atoms with Gasteiger partial charge in [-0.3, -0.25) is 9.59 Å². The SMILES string of the molecule is Cn1cccc(OCC(=O)O)cc(C(=O)C(N)=O)c(C2CC2)c1CC1CCCCC1. The van der Waals surface area contributed by atoms with E-state index in [-0.39, 0.29) is 17.2 Å². The molecule has 0 radical (unpaired) electrons. The Morgan fingerprint density at radius 1 is 1.17 bits per heavy atom. The maximum atomic E-state index is 12.8. The van der Waals surface area contributed by atoms with Gasteiger partial charge in [0.1, 0.15) is 5.75 Å². The highest BCUT2D eigenvalue weighted by Gasteiger charge is 2.33. The number of carbonyl (C=O) groups is 3. The molecule has 30 heavy (non-hydrogen) atoms. The van der Waals surface area contributed by atoms with Gasteiger partial charge in [0.2, 0.25) is 5.78 Å². The van der Waals surface area contributed by atoms with Gasteiger partial charge in [0.05, 0.1) is 0 Å². The van der Waals surface area contributed by atoms with Crippen molar-refractivity contribution in [3.05, 3.63) is 41.2 Å². The number of aryl methyl sites for hydroxylation is 1. The summed E-state index contributed by atoms with van der Waals surface area (Å²) in [4.78, 5) is 35.6. The molecule has 2 fully saturated rings. The number of amides is 1. The van der Waals surface area contributed by atoms with E-state index in [1.807, 2.05) is 17.8 Å². The van der Waals surface area contributed by atoms with Crippen LogP contribution in [0.5, 0.6) is 5.75 Å². The van der Waals surface area contributed by atoms with Crippen molar-refractivity contribution in [3.63, 3.8) is 0 Å². The molecule has 1 aromatic heterocycles. The molecular weight excluding hydrogens is 384 g/mol. The molecule has 1 heterocycles. The number of primary amides is 1. The standard InChI is InChI=1S/C23H30N2O5/c1-25-11-5-8-17(30-14-20(26)27)13-18(22(28)23(24)29)21(16-9-10-16)19(25)12-15-6-3-2-4-7-15/h5,8,11,13,15-16H,2-4,6-7,9-10,12,14H2,1H3,(H2,24,29)(H,26,27). The highest BCUT2D eigenvalue weighted by molar-refractivity contribution is 6.42. The molecule has 0 aliphatic heterocycles. The molecule has 3 N–H and O–H groups in total. The second-order valence-corrected chi connectivity index (χ2v) is 8.30.